The fourth-order valence-electron chi connectivity index (χ4n) is 3.16. The van der Waals surface area contributed by atoms with E-state index in [-0.39, 0.29) is 23.9 Å². The summed E-state index contributed by atoms with van der Waals surface area (Å²) < 4.78 is 18.8. The molecule has 3 amide bonds. The molecule has 0 aromatic heterocycles. The van der Waals surface area contributed by atoms with E-state index in [0.29, 0.717) is 22.6 Å². The molecule has 0 spiro atoms. The highest BCUT2D eigenvalue weighted by Crippen LogP contribution is 2.26. The minimum Gasteiger partial charge on any atom is -0.488 e. The zero-order valence-corrected chi connectivity index (χ0v) is 16.0. The molecule has 4 rings (SSSR count). The second-order valence-electron chi connectivity index (χ2n) is 6.80. The Morgan fingerprint density at radius 2 is 1.67 bits per heavy atom. The standard InChI is InChI=1S/C23H17FN2O4/c1-26-22(28)17-11-10-16(12-19(17)23(26)29)25-21(27)18-4-2-3-5-20(18)30-13-14-6-8-15(24)9-7-14/h2-12H,13H2,1H3,(H,25,27). The molecule has 7 heteroatoms. The molecule has 1 aliphatic heterocycles. The van der Waals surface area contributed by atoms with Crippen LogP contribution in [0.5, 0.6) is 5.75 Å². The zero-order chi connectivity index (χ0) is 21.3. The molecule has 1 aliphatic rings. The molecular weight excluding hydrogens is 387 g/mol. The van der Waals surface area contributed by atoms with Crippen LogP contribution in [0.15, 0.2) is 66.7 Å². The number of para-hydroxylation sites is 1. The van der Waals surface area contributed by atoms with E-state index in [1.54, 1.807) is 42.5 Å². The number of imide groups is 1. The molecule has 0 saturated carbocycles. The number of hydrogen-bond acceptors (Lipinski definition) is 4. The van der Waals surface area contributed by atoms with Crippen LogP contribution in [-0.2, 0) is 6.61 Å². The average Bonchev–Trinajstić information content (AvgIpc) is 2.97. The highest BCUT2D eigenvalue weighted by molar-refractivity contribution is 6.21. The van der Waals surface area contributed by atoms with Crippen molar-refractivity contribution in [2.75, 3.05) is 12.4 Å². The summed E-state index contributed by atoms with van der Waals surface area (Å²) >= 11 is 0. The van der Waals surface area contributed by atoms with Gasteiger partial charge in [-0.25, -0.2) is 4.39 Å². The van der Waals surface area contributed by atoms with Crippen LogP contribution in [0.1, 0.15) is 36.6 Å². The third-order valence-corrected chi connectivity index (χ3v) is 4.79. The van der Waals surface area contributed by atoms with Crippen LogP contribution < -0.4 is 10.1 Å². The Balaban J connectivity index is 1.51. The molecule has 3 aromatic carbocycles. The molecule has 6 nitrogen and oxygen atoms in total. The van der Waals surface area contributed by atoms with E-state index in [9.17, 15) is 18.8 Å². The minimum atomic E-state index is -0.421. The number of halogens is 1. The predicted octanol–water partition coefficient (Wildman–Crippen LogP) is 3.88. The van der Waals surface area contributed by atoms with E-state index < -0.39 is 11.8 Å². The summed E-state index contributed by atoms with van der Waals surface area (Å²) in [5, 5.41) is 2.73. The molecule has 1 heterocycles. The zero-order valence-electron chi connectivity index (χ0n) is 16.0. The highest BCUT2D eigenvalue weighted by atomic mass is 19.1. The Labute approximate surface area is 171 Å². The lowest BCUT2D eigenvalue weighted by Gasteiger charge is -2.12. The first kappa shape index (κ1) is 19.3. The fourth-order valence-corrected chi connectivity index (χ4v) is 3.16. The van der Waals surface area contributed by atoms with Crippen molar-refractivity contribution in [2.24, 2.45) is 0 Å². The van der Waals surface area contributed by atoms with Crippen molar-refractivity contribution in [3.63, 3.8) is 0 Å². The number of anilines is 1. The quantitative estimate of drug-likeness (QED) is 0.655. The van der Waals surface area contributed by atoms with Gasteiger partial charge in [-0.15, -0.1) is 0 Å². The molecular formula is C23H17FN2O4. The van der Waals surface area contributed by atoms with Gasteiger partial charge in [-0.3, -0.25) is 19.3 Å². The van der Waals surface area contributed by atoms with Crippen LogP contribution in [0, 0.1) is 5.82 Å². The first-order valence-corrected chi connectivity index (χ1v) is 9.18. The Morgan fingerprint density at radius 1 is 0.967 bits per heavy atom. The van der Waals surface area contributed by atoms with Gasteiger partial charge in [0.05, 0.1) is 16.7 Å². The van der Waals surface area contributed by atoms with Gasteiger partial charge >= 0.3 is 0 Å². The molecule has 0 aliphatic carbocycles. The lowest BCUT2D eigenvalue weighted by molar-refractivity contribution is 0.0692. The first-order chi connectivity index (χ1) is 14.4. The molecule has 0 radical (unpaired) electrons. The summed E-state index contributed by atoms with van der Waals surface area (Å²) in [6.07, 6.45) is 0. The van der Waals surface area contributed by atoms with Gasteiger partial charge in [-0.1, -0.05) is 24.3 Å². The van der Waals surface area contributed by atoms with Gasteiger partial charge in [0.25, 0.3) is 17.7 Å². The highest BCUT2D eigenvalue weighted by Gasteiger charge is 2.32. The second kappa shape index (κ2) is 7.79. The molecule has 0 bridgehead atoms. The van der Waals surface area contributed by atoms with Crippen LogP contribution >= 0.6 is 0 Å². The van der Waals surface area contributed by atoms with Gasteiger partial charge in [-0.05, 0) is 48.0 Å². The van der Waals surface area contributed by atoms with Crippen molar-refractivity contribution >= 4 is 23.4 Å². The van der Waals surface area contributed by atoms with Gasteiger partial charge in [0.15, 0.2) is 0 Å². The van der Waals surface area contributed by atoms with Crippen LogP contribution in [0.2, 0.25) is 0 Å². The van der Waals surface area contributed by atoms with E-state index in [2.05, 4.69) is 5.32 Å². The Morgan fingerprint density at radius 3 is 2.43 bits per heavy atom. The van der Waals surface area contributed by atoms with E-state index in [0.717, 1.165) is 10.5 Å². The number of benzene rings is 3. The van der Waals surface area contributed by atoms with Crippen LogP contribution in [0.3, 0.4) is 0 Å². The molecule has 0 atom stereocenters. The molecule has 0 saturated heterocycles. The number of nitrogens with zero attached hydrogens (tertiary/aromatic N) is 1. The van der Waals surface area contributed by atoms with Crippen molar-refractivity contribution in [1.82, 2.24) is 4.90 Å². The lowest BCUT2D eigenvalue weighted by Crippen LogP contribution is -2.24. The number of ether oxygens (including phenoxy) is 1. The summed E-state index contributed by atoms with van der Waals surface area (Å²) in [5.41, 5.74) is 2.02. The monoisotopic (exact) mass is 404 g/mol. The molecule has 150 valence electrons. The number of amides is 3. The maximum atomic E-state index is 13.0. The number of nitrogens with one attached hydrogen (secondary N) is 1. The molecule has 0 unspecified atom stereocenters. The summed E-state index contributed by atoms with van der Waals surface area (Å²) in [6, 6.07) is 17.2. The third-order valence-electron chi connectivity index (χ3n) is 4.79. The number of rotatable bonds is 5. The Hall–Kier alpha value is -4.00. The molecule has 1 N–H and O–H groups in total. The van der Waals surface area contributed by atoms with E-state index in [4.69, 9.17) is 4.74 Å². The van der Waals surface area contributed by atoms with Crippen molar-refractivity contribution in [1.29, 1.82) is 0 Å². The summed E-state index contributed by atoms with van der Waals surface area (Å²) in [6.45, 7) is 0.173. The normalized spacial score (nSPS) is 12.7. The van der Waals surface area contributed by atoms with Crippen molar-refractivity contribution in [2.45, 2.75) is 6.61 Å². The van der Waals surface area contributed by atoms with Crippen LogP contribution in [0.4, 0.5) is 10.1 Å². The third kappa shape index (κ3) is 3.65. The van der Waals surface area contributed by atoms with Gasteiger partial charge in [-0.2, -0.15) is 0 Å². The summed E-state index contributed by atoms with van der Waals surface area (Å²) in [5.74, 6) is -1.16. The van der Waals surface area contributed by atoms with E-state index in [1.165, 1.54) is 31.3 Å². The van der Waals surface area contributed by atoms with Crippen molar-refractivity contribution < 1.29 is 23.5 Å². The first-order valence-electron chi connectivity index (χ1n) is 9.18. The number of hydrogen-bond donors (Lipinski definition) is 1. The van der Waals surface area contributed by atoms with Gasteiger partial charge in [0, 0.05) is 12.7 Å². The van der Waals surface area contributed by atoms with E-state index in [1.807, 2.05) is 0 Å². The fraction of sp³-hybridized carbons (Fsp3) is 0.0870. The largest absolute Gasteiger partial charge is 0.488 e. The molecule has 0 fully saturated rings. The topological polar surface area (TPSA) is 75.7 Å². The van der Waals surface area contributed by atoms with E-state index >= 15 is 0 Å². The van der Waals surface area contributed by atoms with Gasteiger partial charge < -0.3 is 10.1 Å². The number of carbonyl (C=O) groups is 3. The SMILES string of the molecule is CN1C(=O)c2ccc(NC(=O)c3ccccc3OCc3ccc(F)cc3)cc2C1=O. The molecule has 30 heavy (non-hydrogen) atoms. The summed E-state index contributed by atoms with van der Waals surface area (Å²) in [7, 11) is 1.41. The lowest BCUT2D eigenvalue weighted by atomic mass is 10.1. The summed E-state index contributed by atoms with van der Waals surface area (Å²) in [4.78, 5) is 38.0. The number of fused-ring (bicyclic) bond motifs is 1. The number of carbonyl (C=O) groups excluding carboxylic acids is 3. The van der Waals surface area contributed by atoms with Gasteiger partial charge in [0.1, 0.15) is 18.2 Å². The molecule has 3 aromatic rings. The van der Waals surface area contributed by atoms with Crippen molar-refractivity contribution in [3.05, 3.63) is 94.8 Å². The van der Waals surface area contributed by atoms with Gasteiger partial charge in [0.2, 0.25) is 0 Å². The van der Waals surface area contributed by atoms with Crippen LogP contribution in [0.25, 0.3) is 0 Å². The maximum Gasteiger partial charge on any atom is 0.261 e. The predicted molar refractivity (Wildman–Crippen MR) is 108 cm³/mol. The Bertz CT molecular complexity index is 1160. The smallest absolute Gasteiger partial charge is 0.261 e. The van der Waals surface area contributed by atoms with Crippen LogP contribution in [-0.4, -0.2) is 29.7 Å². The minimum absolute atomic E-state index is 0.173. The average molecular weight is 404 g/mol. The second-order valence-corrected chi connectivity index (χ2v) is 6.80. The van der Waals surface area contributed by atoms with Crippen molar-refractivity contribution in [3.8, 4) is 5.75 Å². The Kier molecular flexibility index (Phi) is 5.02. The maximum absolute atomic E-state index is 13.0.